The van der Waals surface area contributed by atoms with Crippen LogP contribution in [0.1, 0.15) is 30.5 Å². The lowest BCUT2D eigenvalue weighted by molar-refractivity contribution is -0.121. The Balaban J connectivity index is 2.04. The van der Waals surface area contributed by atoms with Crippen LogP contribution in [0, 0.1) is 5.82 Å². The average molecular weight is 336 g/mol. The van der Waals surface area contributed by atoms with Crippen LogP contribution in [0.5, 0.6) is 5.75 Å². The summed E-state index contributed by atoms with van der Waals surface area (Å²) in [5, 5.41) is 3.25. The van der Waals surface area contributed by atoms with Gasteiger partial charge in [0.2, 0.25) is 5.91 Å². The van der Waals surface area contributed by atoms with Gasteiger partial charge in [0.15, 0.2) is 0 Å². The molecule has 1 atom stereocenters. The van der Waals surface area contributed by atoms with Crippen LogP contribution in [0.25, 0.3) is 0 Å². The smallest absolute Gasteiger partial charge is 0.225 e. The lowest BCUT2D eigenvalue weighted by Crippen LogP contribution is -2.29. The Hall–Kier alpha value is -2.07. The van der Waals surface area contributed by atoms with Gasteiger partial charge in [-0.3, -0.25) is 4.79 Å². The summed E-state index contributed by atoms with van der Waals surface area (Å²) in [5.74, 6) is 0.0669. The highest BCUT2D eigenvalue weighted by molar-refractivity contribution is 6.30. The van der Waals surface area contributed by atoms with E-state index < -0.39 is 5.82 Å². The summed E-state index contributed by atoms with van der Waals surface area (Å²) in [4.78, 5) is 12.2. The molecule has 0 saturated carbocycles. The third-order valence-electron chi connectivity index (χ3n) is 3.63. The maximum absolute atomic E-state index is 13.8. The molecule has 0 bridgehead atoms. The van der Waals surface area contributed by atoms with E-state index >= 15 is 0 Å². The maximum Gasteiger partial charge on any atom is 0.225 e. The standard InChI is InChI=1S/C18H19ClFNO2/c1-3-17(12-5-8-15(23-2)9-6-12)21-18(22)10-13-4-7-14(19)11-16(13)20/h4-9,11,17H,3,10H2,1-2H3,(H,21,22)/t17-/m0/s1. The van der Waals surface area contributed by atoms with Gasteiger partial charge in [0.1, 0.15) is 11.6 Å². The van der Waals surface area contributed by atoms with E-state index in [2.05, 4.69) is 5.32 Å². The number of ether oxygens (including phenoxy) is 1. The van der Waals surface area contributed by atoms with E-state index in [9.17, 15) is 9.18 Å². The summed E-state index contributed by atoms with van der Waals surface area (Å²) in [6.45, 7) is 1.98. The molecule has 1 amide bonds. The zero-order valence-electron chi connectivity index (χ0n) is 13.1. The van der Waals surface area contributed by atoms with Crippen LogP contribution >= 0.6 is 11.6 Å². The van der Waals surface area contributed by atoms with Crippen molar-refractivity contribution in [3.05, 3.63) is 64.4 Å². The second-order valence-corrected chi connectivity index (χ2v) is 5.65. The normalized spacial score (nSPS) is 11.8. The first-order valence-electron chi connectivity index (χ1n) is 7.40. The number of hydrogen-bond donors (Lipinski definition) is 1. The Labute approximate surface area is 140 Å². The largest absolute Gasteiger partial charge is 0.497 e. The molecule has 0 aliphatic heterocycles. The molecule has 2 rings (SSSR count). The Kier molecular flexibility index (Phi) is 5.99. The molecule has 0 unspecified atom stereocenters. The van der Waals surface area contributed by atoms with Gasteiger partial charge in [0.25, 0.3) is 0 Å². The molecule has 2 aromatic carbocycles. The fourth-order valence-electron chi connectivity index (χ4n) is 2.34. The van der Waals surface area contributed by atoms with E-state index in [-0.39, 0.29) is 18.4 Å². The minimum absolute atomic E-state index is 0.0182. The summed E-state index contributed by atoms with van der Waals surface area (Å²) in [6, 6.07) is 11.7. The molecule has 0 aliphatic carbocycles. The van der Waals surface area contributed by atoms with E-state index in [4.69, 9.17) is 16.3 Å². The predicted molar refractivity (Wildman–Crippen MR) is 89.3 cm³/mol. The Morgan fingerprint density at radius 2 is 1.96 bits per heavy atom. The van der Waals surface area contributed by atoms with E-state index in [1.807, 2.05) is 31.2 Å². The molecule has 3 nitrogen and oxygen atoms in total. The van der Waals surface area contributed by atoms with Crippen molar-refractivity contribution in [2.75, 3.05) is 7.11 Å². The van der Waals surface area contributed by atoms with Crippen LogP contribution in [0.2, 0.25) is 5.02 Å². The molecule has 0 fully saturated rings. The summed E-state index contributed by atoms with van der Waals surface area (Å²) < 4.78 is 18.9. The molecule has 23 heavy (non-hydrogen) atoms. The molecule has 2 aromatic rings. The van der Waals surface area contributed by atoms with Gasteiger partial charge in [-0.05, 0) is 41.8 Å². The van der Waals surface area contributed by atoms with Gasteiger partial charge in [0, 0.05) is 5.02 Å². The number of halogens is 2. The number of rotatable bonds is 6. The number of amides is 1. The molecule has 0 spiro atoms. The minimum Gasteiger partial charge on any atom is -0.497 e. The quantitative estimate of drug-likeness (QED) is 0.854. The van der Waals surface area contributed by atoms with Crippen molar-refractivity contribution >= 4 is 17.5 Å². The van der Waals surface area contributed by atoms with Gasteiger partial charge in [0.05, 0.1) is 19.6 Å². The third kappa shape index (κ3) is 4.70. The molecule has 0 aromatic heterocycles. The number of carbonyl (C=O) groups is 1. The number of methoxy groups -OCH3 is 1. The van der Waals surface area contributed by atoms with E-state index in [0.717, 1.165) is 17.7 Å². The monoisotopic (exact) mass is 335 g/mol. The molecular weight excluding hydrogens is 317 g/mol. The van der Waals surface area contributed by atoms with Crippen molar-refractivity contribution in [1.29, 1.82) is 0 Å². The van der Waals surface area contributed by atoms with Gasteiger partial charge < -0.3 is 10.1 Å². The lowest BCUT2D eigenvalue weighted by Gasteiger charge is -2.18. The van der Waals surface area contributed by atoms with Crippen LogP contribution in [0.15, 0.2) is 42.5 Å². The molecule has 1 N–H and O–H groups in total. The Morgan fingerprint density at radius 1 is 1.26 bits per heavy atom. The summed E-state index contributed by atoms with van der Waals surface area (Å²) in [7, 11) is 1.61. The Bertz CT molecular complexity index is 673. The topological polar surface area (TPSA) is 38.3 Å². The van der Waals surface area contributed by atoms with Crippen molar-refractivity contribution in [1.82, 2.24) is 5.32 Å². The van der Waals surface area contributed by atoms with Gasteiger partial charge >= 0.3 is 0 Å². The van der Waals surface area contributed by atoms with Crippen molar-refractivity contribution < 1.29 is 13.9 Å². The maximum atomic E-state index is 13.8. The molecule has 122 valence electrons. The highest BCUT2D eigenvalue weighted by atomic mass is 35.5. The van der Waals surface area contributed by atoms with Crippen molar-refractivity contribution in [2.45, 2.75) is 25.8 Å². The first-order chi connectivity index (χ1) is 11.0. The third-order valence-corrected chi connectivity index (χ3v) is 3.86. The van der Waals surface area contributed by atoms with Crippen LogP contribution < -0.4 is 10.1 Å². The number of carbonyl (C=O) groups excluding carboxylic acids is 1. The van der Waals surface area contributed by atoms with Crippen LogP contribution in [-0.2, 0) is 11.2 Å². The number of hydrogen-bond acceptors (Lipinski definition) is 2. The average Bonchev–Trinajstić information content (AvgIpc) is 2.55. The summed E-state index contributed by atoms with van der Waals surface area (Å²) in [6.07, 6.45) is 0.719. The summed E-state index contributed by atoms with van der Waals surface area (Å²) in [5.41, 5.74) is 1.31. The summed E-state index contributed by atoms with van der Waals surface area (Å²) >= 11 is 5.71. The first-order valence-corrected chi connectivity index (χ1v) is 7.78. The van der Waals surface area contributed by atoms with Crippen molar-refractivity contribution in [3.63, 3.8) is 0 Å². The Morgan fingerprint density at radius 3 is 2.52 bits per heavy atom. The van der Waals surface area contributed by atoms with Crippen molar-refractivity contribution in [3.8, 4) is 5.75 Å². The van der Waals surface area contributed by atoms with Crippen LogP contribution in [0.4, 0.5) is 4.39 Å². The van der Waals surface area contributed by atoms with E-state index in [1.165, 1.54) is 12.1 Å². The fourth-order valence-corrected chi connectivity index (χ4v) is 2.50. The second kappa shape index (κ2) is 7.97. The number of benzene rings is 2. The second-order valence-electron chi connectivity index (χ2n) is 5.21. The van der Waals surface area contributed by atoms with Gasteiger partial charge in [-0.25, -0.2) is 4.39 Å². The molecule has 0 heterocycles. The first kappa shape index (κ1) is 17.3. The fraction of sp³-hybridized carbons (Fsp3) is 0.278. The lowest BCUT2D eigenvalue weighted by atomic mass is 10.0. The van der Waals surface area contributed by atoms with E-state index in [0.29, 0.717) is 10.6 Å². The zero-order chi connectivity index (χ0) is 16.8. The number of nitrogens with one attached hydrogen (secondary N) is 1. The molecule has 0 radical (unpaired) electrons. The van der Waals surface area contributed by atoms with E-state index in [1.54, 1.807) is 13.2 Å². The highest BCUT2D eigenvalue weighted by Gasteiger charge is 2.15. The minimum atomic E-state index is -0.467. The highest BCUT2D eigenvalue weighted by Crippen LogP contribution is 2.21. The zero-order valence-corrected chi connectivity index (χ0v) is 13.9. The molecule has 5 heteroatoms. The van der Waals surface area contributed by atoms with Crippen LogP contribution in [0.3, 0.4) is 0 Å². The SMILES string of the molecule is CC[C@H](NC(=O)Cc1ccc(Cl)cc1F)c1ccc(OC)cc1. The van der Waals surface area contributed by atoms with Crippen LogP contribution in [-0.4, -0.2) is 13.0 Å². The molecule has 0 saturated heterocycles. The van der Waals surface area contributed by atoms with Gasteiger partial charge in [-0.15, -0.1) is 0 Å². The van der Waals surface area contributed by atoms with Crippen molar-refractivity contribution in [2.24, 2.45) is 0 Å². The molecule has 0 aliphatic rings. The van der Waals surface area contributed by atoms with Gasteiger partial charge in [-0.1, -0.05) is 36.7 Å². The van der Waals surface area contributed by atoms with Gasteiger partial charge in [-0.2, -0.15) is 0 Å². The molecular formula is C18H19ClFNO2. The predicted octanol–water partition coefficient (Wildman–Crippen LogP) is 4.30.